The number of halogens is 2. The van der Waals surface area contributed by atoms with Gasteiger partial charge in [0, 0.05) is 8.95 Å². The van der Waals surface area contributed by atoms with Crippen molar-refractivity contribution >= 4 is 44.2 Å². The number of carbonyl (C=O) groups is 1. The van der Waals surface area contributed by atoms with Crippen LogP contribution in [-0.4, -0.2) is 6.29 Å². The van der Waals surface area contributed by atoms with Gasteiger partial charge < -0.3 is 0 Å². The number of hydrogen-bond donors (Lipinski definition) is 0. The molecule has 19 heavy (non-hydrogen) atoms. The summed E-state index contributed by atoms with van der Waals surface area (Å²) in [6.45, 7) is 2.06. The molecule has 0 N–H and O–H groups in total. The summed E-state index contributed by atoms with van der Waals surface area (Å²) in [6.07, 6.45) is 4.14. The Hall–Kier alpha value is -1.19. The summed E-state index contributed by atoms with van der Waals surface area (Å²) in [6, 6.07) is 12.2. The number of rotatable bonds is 3. The largest absolute Gasteiger partial charge is 0.299 e. The molecule has 0 aliphatic carbocycles. The Labute approximate surface area is 129 Å². The van der Waals surface area contributed by atoms with Crippen molar-refractivity contribution in [3.05, 3.63) is 62.5 Å². The highest BCUT2D eigenvalue weighted by Crippen LogP contribution is 2.34. The smallest absolute Gasteiger partial charge is 0.142 e. The Balaban J connectivity index is 2.59. The average Bonchev–Trinajstić information content (AvgIpc) is 2.41. The summed E-state index contributed by atoms with van der Waals surface area (Å²) in [7, 11) is 0. The predicted molar refractivity (Wildman–Crippen MR) is 87.1 cm³/mol. The predicted octanol–water partition coefficient (Wildman–Crippen LogP) is 5.40. The van der Waals surface area contributed by atoms with Gasteiger partial charge in [0.05, 0.1) is 0 Å². The highest BCUT2D eigenvalue weighted by molar-refractivity contribution is 9.11. The first-order valence-electron chi connectivity index (χ1n) is 5.80. The Morgan fingerprint density at radius 1 is 1.05 bits per heavy atom. The van der Waals surface area contributed by atoms with Crippen molar-refractivity contribution in [2.45, 2.75) is 6.92 Å². The normalized spacial score (nSPS) is 10.9. The Kier molecular flexibility index (Phi) is 4.72. The molecule has 0 radical (unpaired) electrons. The molecule has 3 heteroatoms. The van der Waals surface area contributed by atoms with E-state index in [9.17, 15) is 4.79 Å². The zero-order chi connectivity index (χ0) is 13.8. The van der Waals surface area contributed by atoms with E-state index in [1.165, 1.54) is 6.08 Å². The summed E-state index contributed by atoms with van der Waals surface area (Å²) >= 11 is 7.08. The van der Waals surface area contributed by atoms with Crippen LogP contribution in [0.5, 0.6) is 0 Å². The molecule has 0 unspecified atom stereocenters. The van der Waals surface area contributed by atoms with E-state index in [4.69, 9.17) is 0 Å². The van der Waals surface area contributed by atoms with E-state index < -0.39 is 0 Å². The van der Waals surface area contributed by atoms with Gasteiger partial charge in [0.25, 0.3) is 0 Å². The molecule has 0 amide bonds. The molecular weight excluding hydrogens is 368 g/mol. The molecule has 1 nitrogen and oxygen atoms in total. The number of carbonyl (C=O) groups excluding carboxylic acids is 1. The standard InChI is InChI=1S/C16H12Br2O/c1-11-12(5-3-9-19)4-2-6-14(11)15-10-13(17)7-8-16(15)18/h2-10H,1H3/b5-3+. The van der Waals surface area contributed by atoms with Gasteiger partial charge in [-0.15, -0.1) is 0 Å². The number of aldehydes is 1. The molecule has 0 saturated heterocycles. The molecule has 0 atom stereocenters. The average molecular weight is 380 g/mol. The Bertz CT molecular complexity index is 645. The lowest BCUT2D eigenvalue weighted by molar-refractivity contribution is -0.104. The van der Waals surface area contributed by atoms with Crippen LogP contribution in [0.25, 0.3) is 17.2 Å². The fourth-order valence-corrected chi connectivity index (χ4v) is 2.79. The van der Waals surface area contributed by atoms with Gasteiger partial charge in [0.1, 0.15) is 6.29 Å². The molecule has 0 bridgehead atoms. The van der Waals surface area contributed by atoms with E-state index in [-0.39, 0.29) is 0 Å². The molecule has 2 aromatic carbocycles. The van der Waals surface area contributed by atoms with Crippen molar-refractivity contribution in [2.75, 3.05) is 0 Å². The first kappa shape index (κ1) is 14.2. The van der Waals surface area contributed by atoms with Crippen molar-refractivity contribution in [2.24, 2.45) is 0 Å². The molecule has 2 rings (SSSR count). The second kappa shape index (κ2) is 6.31. The van der Waals surface area contributed by atoms with E-state index in [1.807, 2.05) is 30.3 Å². The van der Waals surface area contributed by atoms with Gasteiger partial charge in [0.15, 0.2) is 0 Å². The molecule has 96 valence electrons. The maximum Gasteiger partial charge on any atom is 0.142 e. The van der Waals surface area contributed by atoms with E-state index >= 15 is 0 Å². The lowest BCUT2D eigenvalue weighted by Gasteiger charge is -2.11. The van der Waals surface area contributed by atoms with Crippen LogP contribution in [0.1, 0.15) is 11.1 Å². The fourth-order valence-electron chi connectivity index (χ4n) is 1.97. The molecule has 0 aromatic heterocycles. The van der Waals surface area contributed by atoms with Crippen LogP contribution in [0.4, 0.5) is 0 Å². The summed E-state index contributed by atoms with van der Waals surface area (Å²) in [5, 5.41) is 0. The zero-order valence-electron chi connectivity index (χ0n) is 10.4. The van der Waals surface area contributed by atoms with Crippen molar-refractivity contribution in [3.63, 3.8) is 0 Å². The van der Waals surface area contributed by atoms with E-state index in [0.717, 1.165) is 37.5 Å². The molecule has 0 aliphatic rings. The van der Waals surface area contributed by atoms with Gasteiger partial charge in [-0.25, -0.2) is 0 Å². The first-order valence-corrected chi connectivity index (χ1v) is 7.39. The maximum atomic E-state index is 10.4. The molecular formula is C16H12Br2O. The third-order valence-electron chi connectivity index (χ3n) is 2.95. The van der Waals surface area contributed by atoms with Crippen LogP contribution in [0.15, 0.2) is 51.4 Å². The maximum absolute atomic E-state index is 10.4. The third-order valence-corrected chi connectivity index (χ3v) is 4.13. The second-order valence-electron chi connectivity index (χ2n) is 4.14. The van der Waals surface area contributed by atoms with Crippen LogP contribution in [0.3, 0.4) is 0 Å². The van der Waals surface area contributed by atoms with Crippen molar-refractivity contribution in [3.8, 4) is 11.1 Å². The van der Waals surface area contributed by atoms with Crippen LogP contribution in [0.2, 0.25) is 0 Å². The van der Waals surface area contributed by atoms with Gasteiger partial charge in [-0.2, -0.15) is 0 Å². The fraction of sp³-hybridized carbons (Fsp3) is 0.0625. The lowest BCUT2D eigenvalue weighted by Crippen LogP contribution is -1.88. The van der Waals surface area contributed by atoms with Crippen molar-refractivity contribution < 1.29 is 4.79 Å². The second-order valence-corrected chi connectivity index (χ2v) is 5.91. The highest BCUT2D eigenvalue weighted by Gasteiger charge is 2.08. The van der Waals surface area contributed by atoms with Gasteiger partial charge in [0.2, 0.25) is 0 Å². The third kappa shape index (κ3) is 3.23. The quantitative estimate of drug-likeness (QED) is 0.515. The van der Waals surface area contributed by atoms with Crippen LogP contribution in [0, 0.1) is 6.92 Å². The number of hydrogen-bond acceptors (Lipinski definition) is 1. The molecule has 0 heterocycles. The molecule has 0 spiro atoms. The van der Waals surface area contributed by atoms with E-state index in [0.29, 0.717) is 0 Å². The first-order chi connectivity index (χ1) is 9.13. The number of allylic oxidation sites excluding steroid dienone is 1. The van der Waals surface area contributed by atoms with E-state index in [2.05, 4.69) is 50.9 Å². The topological polar surface area (TPSA) is 17.1 Å². The van der Waals surface area contributed by atoms with E-state index in [1.54, 1.807) is 0 Å². The monoisotopic (exact) mass is 378 g/mol. The minimum atomic E-state index is 0.793. The van der Waals surface area contributed by atoms with Gasteiger partial charge >= 0.3 is 0 Å². The molecule has 2 aromatic rings. The van der Waals surface area contributed by atoms with Gasteiger partial charge in [-0.05, 0) is 53.5 Å². The Morgan fingerprint density at radius 2 is 1.84 bits per heavy atom. The molecule has 0 fully saturated rings. The van der Waals surface area contributed by atoms with Crippen LogP contribution < -0.4 is 0 Å². The van der Waals surface area contributed by atoms with Gasteiger partial charge in [-0.3, -0.25) is 4.79 Å². The SMILES string of the molecule is Cc1c(/C=C/C=O)cccc1-c1cc(Br)ccc1Br. The van der Waals surface area contributed by atoms with Crippen molar-refractivity contribution in [1.29, 1.82) is 0 Å². The summed E-state index contributed by atoms with van der Waals surface area (Å²) in [4.78, 5) is 10.4. The van der Waals surface area contributed by atoms with Crippen LogP contribution >= 0.6 is 31.9 Å². The summed E-state index contributed by atoms with van der Waals surface area (Å²) in [5.74, 6) is 0. The van der Waals surface area contributed by atoms with Crippen molar-refractivity contribution in [1.82, 2.24) is 0 Å². The highest BCUT2D eigenvalue weighted by atomic mass is 79.9. The van der Waals surface area contributed by atoms with Gasteiger partial charge in [-0.1, -0.05) is 56.1 Å². The zero-order valence-corrected chi connectivity index (χ0v) is 13.5. The summed E-state index contributed by atoms with van der Waals surface area (Å²) < 4.78 is 2.09. The number of benzene rings is 2. The van der Waals surface area contributed by atoms with Crippen LogP contribution in [-0.2, 0) is 4.79 Å². The minimum Gasteiger partial charge on any atom is -0.299 e. The summed E-state index contributed by atoms with van der Waals surface area (Å²) in [5.41, 5.74) is 4.49. The molecule has 0 aliphatic heterocycles. The molecule has 0 saturated carbocycles. The Morgan fingerprint density at radius 3 is 2.58 bits per heavy atom. The lowest BCUT2D eigenvalue weighted by atomic mass is 9.96. The minimum absolute atomic E-state index is 0.793.